The molecular formula is C12H20F3NO2. The van der Waals surface area contributed by atoms with Crippen LogP contribution in [0.3, 0.4) is 0 Å². The van der Waals surface area contributed by atoms with Crippen LogP contribution in [0.15, 0.2) is 0 Å². The number of hydrogen-bond acceptors (Lipinski definition) is 3. The highest BCUT2D eigenvalue weighted by atomic mass is 19.4. The van der Waals surface area contributed by atoms with Gasteiger partial charge >= 0.3 is 6.18 Å². The van der Waals surface area contributed by atoms with E-state index in [4.69, 9.17) is 9.47 Å². The molecule has 0 N–H and O–H groups in total. The Balaban J connectivity index is 1.72. The van der Waals surface area contributed by atoms with Gasteiger partial charge in [-0.05, 0) is 25.8 Å². The molecule has 18 heavy (non-hydrogen) atoms. The van der Waals surface area contributed by atoms with E-state index in [-0.39, 0.29) is 19.3 Å². The first-order chi connectivity index (χ1) is 8.55. The van der Waals surface area contributed by atoms with Gasteiger partial charge in [-0.3, -0.25) is 0 Å². The molecule has 6 heteroatoms. The van der Waals surface area contributed by atoms with E-state index in [1.165, 1.54) is 0 Å². The monoisotopic (exact) mass is 267 g/mol. The normalized spacial score (nSPS) is 28.5. The fourth-order valence-electron chi connectivity index (χ4n) is 2.52. The number of likely N-dealkylation sites (tertiary alicyclic amines) is 1. The summed E-state index contributed by atoms with van der Waals surface area (Å²) in [7, 11) is 0. The average Bonchev–Trinajstić information content (AvgIpc) is 2.37. The second-order valence-electron chi connectivity index (χ2n) is 4.99. The Hall–Kier alpha value is -0.330. The molecule has 1 atom stereocenters. The van der Waals surface area contributed by atoms with Crippen molar-refractivity contribution in [2.45, 2.75) is 38.1 Å². The summed E-state index contributed by atoms with van der Waals surface area (Å²) >= 11 is 0. The Morgan fingerprint density at radius 3 is 2.50 bits per heavy atom. The number of halogens is 3. The van der Waals surface area contributed by atoms with Gasteiger partial charge in [0.25, 0.3) is 0 Å². The third kappa shape index (κ3) is 4.10. The number of ether oxygens (including phenoxy) is 2. The van der Waals surface area contributed by atoms with E-state index in [1.807, 2.05) is 4.90 Å². The maximum atomic E-state index is 12.6. The number of hydrogen-bond donors (Lipinski definition) is 0. The van der Waals surface area contributed by atoms with Crippen LogP contribution in [-0.2, 0) is 9.47 Å². The molecule has 2 fully saturated rings. The summed E-state index contributed by atoms with van der Waals surface area (Å²) < 4.78 is 48.7. The zero-order valence-electron chi connectivity index (χ0n) is 10.4. The number of rotatable bonds is 3. The molecule has 0 aromatic heterocycles. The first-order valence-corrected chi connectivity index (χ1v) is 6.58. The third-order valence-corrected chi connectivity index (χ3v) is 3.55. The Kier molecular flexibility index (Phi) is 4.86. The van der Waals surface area contributed by atoms with Crippen molar-refractivity contribution < 1.29 is 22.6 Å². The summed E-state index contributed by atoms with van der Waals surface area (Å²) in [5.41, 5.74) is 0. The van der Waals surface area contributed by atoms with E-state index in [0.29, 0.717) is 32.6 Å². The maximum Gasteiger partial charge on any atom is 0.393 e. The fourth-order valence-corrected chi connectivity index (χ4v) is 2.52. The van der Waals surface area contributed by atoms with Crippen molar-refractivity contribution in [3.8, 4) is 0 Å². The minimum absolute atomic E-state index is 0.121. The van der Waals surface area contributed by atoms with Gasteiger partial charge in [0.15, 0.2) is 6.29 Å². The highest BCUT2D eigenvalue weighted by Gasteiger charge is 2.41. The molecule has 3 nitrogen and oxygen atoms in total. The fraction of sp³-hybridized carbons (Fsp3) is 1.00. The van der Waals surface area contributed by atoms with E-state index in [2.05, 4.69) is 0 Å². The van der Waals surface area contributed by atoms with Gasteiger partial charge in [-0.15, -0.1) is 0 Å². The predicted molar refractivity (Wildman–Crippen MR) is 60.1 cm³/mol. The van der Waals surface area contributed by atoms with Crippen molar-refractivity contribution in [2.24, 2.45) is 5.92 Å². The van der Waals surface area contributed by atoms with Crippen LogP contribution in [0.4, 0.5) is 13.2 Å². The molecular weight excluding hydrogens is 247 g/mol. The van der Waals surface area contributed by atoms with Crippen LogP contribution >= 0.6 is 0 Å². The summed E-state index contributed by atoms with van der Waals surface area (Å²) in [6, 6.07) is 0. The van der Waals surface area contributed by atoms with Crippen LogP contribution < -0.4 is 0 Å². The largest absolute Gasteiger partial charge is 0.393 e. The maximum absolute atomic E-state index is 12.6. The Morgan fingerprint density at radius 2 is 1.83 bits per heavy atom. The summed E-state index contributed by atoms with van der Waals surface area (Å²) in [6.45, 7) is 2.87. The van der Waals surface area contributed by atoms with Crippen molar-refractivity contribution in [2.75, 3.05) is 32.8 Å². The van der Waals surface area contributed by atoms with Gasteiger partial charge in [-0.1, -0.05) is 0 Å². The van der Waals surface area contributed by atoms with Crippen molar-refractivity contribution in [1.29, 1.82) is 0 Å². The van der Waals surface area contributed by atoms with Crippen LogP contribution in [-0.4, -0.2) is 50.2 Å². The van der Waals surface area contributed by atoms with Crippen LogP contribution in [0.2, 0.25) is 0 Å². The minimum atomic E-state index is -4.06. The number of nitrogens with zero attached hydrogens (tertiary/aromatic N) is 1. The molecule has 0 aromatic carbocycles. The van der Waals surface area contributed by atoms with Crippen molar-refractivity contribution in [1.82, 2.24) is 4.90 Å². The molecule has 0 amide bonds. The molecule has 2 aliphatic heterocycles. The lowest BCUT2D eigenvalue weighted by molar-refractivity contribution is -0.193. The molecule has 0 spiro atoms. The van der Waals surface area contributed by atoms with Gasteiger partial charge in [0, 0.05) is 19.5 Å². The van der Waals surface area contributed by atoms with E-state index in [9.17, 15) is 13.2 Å². The lowest BCUT2D eigenvalue weighted by Crippen LogP contribution is -2.43. The van der Waals surface area contributed by atoms with E-state index in [1.54, 1.807) is 0 Å². The first kappa shape index (κ1) is 14.1. The number of alkyl halides is 3. The van der Waals surface area contributed by atoms with Crippen molar-refractivity contribution in [3.05, 3.63) is 0 Å². The van der Waals surface area contributed by atoms with Crippen molar-refractivity contribution >= 4 is 0 Å². The topological polar surface area (TPSA) is 21.7 Å². The molecule has 0 radical (unpaired) electrons. The van der Waals surface area contributed by atoms with Gasteiger partial charge in [0.1, 0.15) is 0 Å². The number of piperidine rings is 1. The molecule has 2 heterocycles. The predicted octanol–water partition coefficient (Wildman–Crippen LogP) is 2.41. The van der Waals surface area contributed by atoms with Gasteiger partial charge in [-0.25, -0.2) is 0 Å². The standard InChI is InChI=1S/C12H20F3NO2/c13-12(14,15)10-3-1-5-16(9-10)6-4-11-17-7-2-8-18-11/h10-11H,1-9H2. The van der Waals surface area contributed by atoms with Crippen LogP contribution in [0.1, 0.15) is 25.7 Å². The van der Waals surface area contributed by atoms with E-state index >= 15 is 0 Å². The summed E-state index contributed by atoms with van der Waals surface area (Å²) in [5, 5.41) is 0. The molecule has 2 rings (SSSR count). The summed E-state index contributed by atoms with van der Waals surface area (Å²) in [6.07, 6.45) is -1.85. The van der Waals surface area contributed by atoms with Gasteiger partial charge < -0.3 is 14.4 Å². The highest BCUT2D eigenvalue weighted by molar-refractivity contribution is 4.78. The quantitative estimate of drug-likeness (QED) is 0.784. The summed E-state index contributed by atoms with van der Waals surface area (Å²) in [4.78, 5) is 1.88. The molecule has 2 saturated heterocycles. The zero-order valence-corrected chi connectivity index (χ0v) is 10.4. The van der Waals surface area contributed by atoms with Crippen LogP contribution in [0.25, 0.3) is 0 Å². The molecule has 0 aromatic rings. The van der Waals surface area contributed by atoms with Crippen molar-refractivity contribution in [3.63, 3.8) is 0 Å². The lowest BCUT2D eigenvalue weighted by atomic mass is 9.97. The average molecular weight is 267 g/mol. The van der Waals surface area contributed by atoms with Crippen LogP contribution in [0, 0.1) is 5.92 Å². The second kappa shape index (κ2) is 6.21. The first-order valence-electron chi connectivity index (χ1n) is 6.58. The lowest BCUT2D eigenvalue weighted by Gasteiger charge is -2.34. The smallest absolute Gasteiger partial charge is 0.353 e. The molecule has 0 saturated carbocycles. The van der Waals surface area contributed by atoms with Gasteiger partial charge in [0.2, 0.25) is 0 Å². The second-order valence-corrected chi connectivity index (χ2v) is 4.99. The molecule has 2 aliphatic rings. The highest BCUT2D eigenvalue weighted by Crippen LogP contribution is 2.33. The molecule has 1 unspecified atom stereocenters. The SMILES string of the molecule is FC(F)(F)C1CCCN(CCC2OCCCO2)C1. The van der Waals surface area contributed by atoms with E-state index < -0.39 is 12.1 Å². The van der Waals surface area contributed by atoms with Crippen LogP contribution in [0.5, 0.6) is 0 Å². The van der Waals surface area contributed by atoms with E-state index in [0.717, 1.165) is 13.0 Å². The zero-order chi connectivity index (χ0) is 13.0. The van der Waals surface area contributed by atoms with Gasteiger partial charge in [0.05, 0.1) is 19.1 Å². The molecule has 0 aliphatic carbocycles. The molecule has 0 bridgehead atoms. The van der Waals surface area contributed by atoms with Gasteiger partial charge in [-0.2, -0.15) is 13.2 Å². The summed E-state index contributed by atoms with van der Waals surface area (Å²) in [5.74, 6) is -1.17. The minimum Gasteiger partial charge on any atom is -0.353 e. The molecule has 106 valence electrons. The Morgan fingerprint density at radius 1 is 1.11 bits per heavy atom. The Labute approximate surface area is 105 Å². The Bertz CT molecular complexity index is 254. The third-order valence-electron chi connectivity index (χ3n) is 3.55.